The van der Waals surface area contributed by atoms with Gasteiger partial charge in [0.25, 0.3) is 0 Å². The zero-order valence-corrected chi connectivity index (χ0v) is 22.6. The quantitative estimate of drug-likeness (QED) is 0.132. The molecular formula is C27H32O17. The van der Waals surface area contributed by atoms with Crippen LogP contribution in [0, 0.1) is 0 Å². The highest BCUT2D eigenvalue weighted by Crippen LogP contribution is 2.43. The van der Waals surface area contributed by atoms with Crippen molar-refractivity contribution in [3.8, 4) is 17.2 Å². The van der Waals surface area contributed by atoms with Gasteiger partial charge >= 0.3 is 0 Å². The zero-order valence-electron chi connectivity index (χ0n) is 22.6. The number of aliphatic hydroxyl groups excluding tert-OH is 9. The molecule has 0 amide bonds. The Morgan fingerprint density at radius 2 is 1.18 bits per heavy atom. The summed E-state index contributed by atoms with van der Waals surface area (Å²) in [6.45, 7) is -1.50. The number of hydrogen-bond donors (Lipinski definition) is 12. The molecule has 0 radical (unpaired) electrons. The second-order valence-corrected chi connectivity index (χ2v) is 10.4. The monoisotopic (exact) mass is 628 g/mol. The van der Waals surface area contributed by atoms with Gasteiger partial charge in [0.05, 0.1) is 13.2 Å². The normalized spacial score (nSPS) is 37.3. The molecule has 0 spiro atoms. The smallest absolute Gasteiger partial charge is 0.229 e. The molecule has 2 saturated heterocycles. The fraction of sp³-hybridized carbons (Fsp3) is 0.481. The first-order valence-corrected chi connectivity index (χ1v) is 13.3. The van der Waals surface area contributed by atoms with E-state index in [0.717, 1.165) is 18.2 Å². The molecule has 12 N–H and O–H groups in total. The number of ether oxygens (including phenoxy) is 5. The lowest BCUT2D eigenvalue weighted by Gasteiger charge is -2.41. The lowest BCUT2D eigenvalue weighted by Crippen LogP contribution is -2.59. The molecule has 0 aromatic heterocycles. The highest BCUT2D eigenvalue weighted by atomic mass is 16.7. The van der Waals surface area contributed by atoms with E-state index in [1.807, 2.05) is 0 Å². The van der Waals surface area contributed by atoms with Crippen LogP contribution in [0.4, 0.5) is 0 Å². The number of hydrogen-bond acceptors (Lipinski definition) is 17. The minimum absolute atomic E-state index is 0.0651. The van der Waals surface area contributed by atoms with E-state index in [9.17, 15) is 61.3 Å². The summed E-state index contributed by atoms with van der Waals surface area (Å²) in [4.78, 5) is 0. The van der Waals surface area contributed by atoms with Gasteiger partial charge in [-0.1, -0.05) is 0 Å². The average molecular weight is 629 g/mol. The van der Waals surface area contributed by atoms with E-state index in [4.69, 9.17) is 23.7 Å². The van der Waals surface area contributed by atoms with Crippen molar-refractivity contribution in [2.45, 2.75) is 67.5 Å². The van der Waals surface area contributed by atoms with Crippen LogP contribution in [-0.4, -0.2) is 142 Å². The Balaban J connectivity index is 1.55. The first-order chi connectivity index (χ1) is 20.8. The summed E-state index contributed by atoms with van der Waals surface area (Å²) in [5.74, 6) is -3.56. The largest absolute Gasteiger partial charge is 0.508 e. The van der Waals surface area contributed by atoms with Gasteiger partial charge < -0.3 is 85.0 Å². The first kappa shape index (κ1) is 31.8. The average Bonchev–Trinajstić information content (AvgIpc) is 2.99. The molecule has 3 aliphatic heterocycles. The molecule has 3 heterocycles. The van der Waals surface area contributed by atoms with Crippen LogP contribution in [0.15, 0.2) is 53.2 Å². The molecule has 1 aromatic rings. The van der Waals surface area contributed by atoms with Crippen LogP contribution in [0.3, 0.4) is 0 Å². The maximum absolute atomic E-state index is 10.6. The molecule has 17 heteroatoms. The Hall–Kier alpha value is -3.62. The van der Waals surface area contributed by atoms with Crippen LogP contribution in [0.1, 0.15) is 5.56 Å². The first-order valence-electron chi connectivity index (χ1n) is 13.3. The number of benzene rings is 1. The number of phenolic OH excluding ortho intramolecular Hbond substituents is 3. The minimum Gasteiger partial charge on any atom is -0.508 e. The van der Waals surface area contributed by atoms with Crippen molar-refractivity contribution in [3.63, 3.8) is 0 Å². The summed E-state index contributed by atoms with van der Waals surface area (Å²) >= 11 is 0. The van der Waals surface area contributed by atoms with Gasteiger partial charge in [-0.3, -0.25) is 0 Å². The van der Waals surface area contributed by atoms with Gasteiger partial charge in [0.2, 0.25) is 12.6 Å². The van der Waals surface area contributed by atoms with Gasteiger partial charge in [0.15, 0.2) is 28.8 Å². The molecule has 1 aliphatic carbocycles. The number of aliphatic hydroxyl groups is 9. The van der Waals surface area contributed by atoms with Gasteiger partial charge in [-0.05, 0) is 18.2 Å². The van der Waals surface area contributed by atoms with Crippen LogP contribution in [0.5, 0.6) is 17.2 Å². The van der Waals surface area contributed by atoms with E-state index in [1.54, 1.807) is 0 Å². The van der Waals surface area contributed by atoms with Gasteiger partial charge in [-0.15, -0.1) is 0 Å². The van der Waals surface area contributed by atoms with Crippen molar-refractivity contribution in [1.29, 1.82) is 0 Å². The molecule has 5 rings (SSSR count). The number of phenols is 3. The minimum atomic E-state index is -1.87. The van der Waals surface area contributed by atoms with E-state index in [0.29, 0.717) is 0 Å². The Morgan fingerprint density at radius 1 is 0.659 bits per heavy atom. The SMILES string of the molecule is OC[C@H]1O[C@@H](OC2=CC(O)=CC3OC(c4cc(O)c(O)c(O)c4)=C(O[C@@H]4O[C@H](CO)[C@@H](O)[C@H](O)[C@H]4O)C=C23)[C@H](O)[C@@H](O)[C@@H]1O. The fourth-order valence-electron chi connectivity index (χ4n) is 5.01. The summed E-state index contributed by atoms with van der Waals surface area (Å²) in [6, 6.07) is 1.99. The van der Waals surface area contributed by atoms with Crippen molar-refractivity contribution >= 4 is 5.76 Å². The topological polar surface area (TPSA) is 289 Å². The van der Waals surface area contributed by atoms with Crippen molar-refractivity contribution in [2.24, 2.45) is 0 Å². The summed E-state index contributed by atoms with van der Waals surface area (Å²) in [6.07, 6.45) is -14.4. The van der Waals surface area contributed by atoms with E-state index in [1.165, 1.54) is 12.2 Å². The maximum atomic E-state index is 10.6. The Kier molecular flexibility index (Phi) is 8.96. The maximum Gasteiger partial charge on any atom is 0.229 e. The molecule has 2 fully saturated rings. The molecule has 1 aromatic carbocycles. The van der Waals surface area contributed by atoms with Crippen LogP contribution in [0.2, 0.25) is 0 Å². The molecule has 242 valence electrons. The molecule has 0 saturated carbocycles. The number of rotatable bonds is 7. The number of allylic oxidation sites excluding steroid dienone is 2. The summed E-state index contributed by atoms with van der Waals surface area (Å²) < 4.78 is 28.4. The van der Waals surface area contributed by atoms with Crippen LogP contribution in [-0.2, 0) is 23.7 Å². The van der Waals surface area contributed by atoms with E-state index >= 15 is 0 Å². The van der Waals surface area contributed by atoms with E-state index < -0.39 is 104 Å². The van der Waals surface area contributed by atoms with Gasteiger partial charge in [-0.25, -0.2) is 0 Å². The standard InChI is InChI=1S/C27H32O17/c28-6-16-19(34)21(36)23(38)26(43-16)41-14-4-9(30)3-13-10(14)5-15(25(40-13)8-1-11(31)18(33)12(32)2-8)42-27-24(39)22(37)20(35)17(7-29)44-27/h1-5,13,16-17,19-24,26-39H,6-7H2/t13?,16-,17-,19-,20-,21+,22+,23-,24-,26-,27-/m1/s1. The van der Waals surface area contributed by atoms with Crippen molar-refractivity contribution in [1.82, 2.24) is 0 Å². The van der Waals surface area contributed by atoms with Crippen molar-refractivity contribution in [3.05, 3.63) is 58.8 Å². The Bertz CT molecular complexity index is 1340. The molecule has 11 atom stereocenters. The Labute approximate surface area is 247 Å². The molecule has 0 bridgehead atoms. The Morgan fingerprint density at radius 3 is 1.70 bits per heavy atom. The molecule has 1 unspecified atom stereocenters. The third kappa shape index (κ3) is 5.77. The summed E-state index contributed by atoms with van der Waals surface area (Å²) in [5.41, 5.74) is -0.0261. The summed E-state index contributed by atoms with van der Waals surface area (Å²) in [5, 5.41) is 121. The zero-order chi connectivity index (χ0) is 32.0. The van der Waals surface area contributed by atoms with E-state index in [2.05, 4.69) is 0 Å². The molecule has 17 nitrogen and oxygen atoms in total. The predicted molar refractivity (Wildman–Crippen MR) is 140 cm³/mol. The fourth-order valence-corrected chi connectivity index (χ4v) is 5.01. The van der Waals surface area contributed by atoms with Crippen molar-refractivity contribution < 1.29 is 85.0 Å². The van der Waals surface area contributed by atoms with Crippen LogP contribution >= 0.6 is 0 Å². The lowest BCUT2D eigenvalue weighted by molar-refractivity contribution is -0.291. The summed E-state index contributed by atoms with van der Waals surface area (Å²) in [7, 11) is 0. The molecule has 4 aliphatic rings. The van der Waals surface area contributed by atoms with Gasteiger partial charge in [-0.2, -0.15) is 0 Å². The lowest BCUT2D eigenvalue weighted by atomic mass is 9.96. The second kappa shape index (κ2) is 12.4. The predicted octanol–water partition coefficient (Wildman–Crippen LogP) is -3.23. The van der Waals surface area contributed by atoms with Gasteiger partial charge in [0.1, 0.15) is 66.5 Å². The second-order valence-electron chi connectivity index (χ2n) is 10.4. The number of aromatic hydroxyl groups is 3. The van der Waals surface area contributed by atoms with Crippen molar-refractivity contribution in [2.75, 3.05) is 13.2 Å². The number of fused-ring (bicyclic) bond motifs is 1. The third-order valence-electron chi connectivity index (χ3n) is 7.46. The third-order valence-corrected chi connectivity index (χ3v) is 7.46. The van der Waals surface area contributed by atoms with Gasteiger partial charge in [0, 0.05) is 23.3 Å². The highest BCUT2D eigenvalue weighted by molar-refractivity contribution is 5.72. The van der Waals surface area contributed by atoms with Crippen LogP contribution in [0.25, 0.3) is 5.76 Å². The highest BCUT2D eigenvalue weighted by Gasteiger charge is 2.47. The van der Waals surface area contributed by atoms with E-state index in [-0.39, 0.29) is 28.4 Å². The molecule has 44 heavy (non-hydrogen) atoms. The van der Waals surface area contributed by atoms with Crippen LogP contribution < -0.4 is 0 Å². The molecular weight excluding hydrogens is 596 g/mol.